The number of carbonyl (C=O) groups is 1. The van der Waals surface area contributed by atoms with E-state index in [9.17, 15) is 107 Å². The van der Waals surface area contributed by atoms with Crippen molar-refractivity contribution in [1.82, 2.24) is 14.9 Å². The first-order valence-electron chi connectivity index (χ1n) is 27.1. The lowest BCUT2D eigenvalue weighted by Gasteiger charge is -2.50. The van der Waals surface area contributed by atoms with Gasteiger partial charge in [0.25, 0.3) is 0 Å². The summed E-state index contributed by atoms with van der Waals surface area (Å²) >= 11 is 0. The Morgan fingerprint density at radius 2 is 0.553 bits per heavy atom. The number of amides is 1. The average molecular weight is 1240 g/mol. The molecule has 488 valence electrons. The van der Waals surface area contributed by atoms with Gasteiger partial charge < -0.3 is 178 Å². The summed E-state index contributed by atoms with van der Waals surface area (Å²) in [6.07, 6.45) is -64.8. The molecule has 21 saturated heterocycles. The van der Waals surface area contributed by atoms with Crippen LogP contribution in [0.4, 0.5) is 0 Å². The third-order valence-corrected chi connectivity index (χ3v) is 16.0. The molecule has 1 aromatic heterocycles. The molecule has 38 nitrogen and oxygen atoms in total. The van der Waals surface area contributed by atoms with Crippen LogP contribution in [-0.4, -0.2) is 379 Å². The van der Waals surface area contributed by atoms with E-state index in [0.717, 1.165) is 0 Å². The SMILES string of the molecule is O=C(Cn1ccnc1)N[C@@H]1[C@@H](O)[C@H]2O[C@H]3[C@@H](O)[C@H](O)[C@@H](O[C@H]4[C@@H](O)[C@H](O)[C@@H](O[C@H]5[C@H](O)[C@@H](O)[C@@H](O[C@H]6[C@H](O)[C@@H](O)[C@@H](O[C@H]7[C@H](O)[C@@H](O)[C@@H](O[C@H]8[C@H](O)[C@@H](O)[C@@H](O[C@@H]1[C@@H](CO)O2)O[C@@H]8CO)O[C@@H]7CO)O[C@@H]6CO)O[C@@H]5CO)O[C@@H]4CO)O[C@@H]3CO. The molecule has 1 amide bonds. The Balaban J connectivity index is 1.02. The zero-order chi connectivity index (χ0) is 61.5. The standard InChI is InChI=1S/C47H75N3O35/c51-4-12-34-20(49-19(58)3-50-2-1-48-11-50)21(59)41(72-12)80-35-13(5-52)74-43(29(67)23(35)61)82-37-15(7-54)76-45(31(69)25(37)63)84-39-17(9-56)78-47(33(71)27(39)65)85-40-18(10-57)77-46(32(70)26(40)64)83-38-16(8-55)75-44(30(68)24(38)62)81-36-14(6-53)73-42(79-34)28(66)22(36)60/h1-2,11-18,20-47,51-57,59-71H,3-10H2,(H,49,58)/t12-,13-,14-,15-,16-,17-,18-,20-,21-,22-,23+,24-,25+,26-,27-,28-,29+,30-,31+,32-,33-,34-,35-,36-,37-,38-,39-,40-,41-,42-,43-,44-,45-,46-,47-/m1/s1. The number of aliphatic hydroxyl groups is 20. The van der Waals surface area contributed by atoms with Gasteiger partial charge in [-0.05, 0) is 0 Å². The van der Waals surface area contributed by atoms with Gasteiger partial charge in [-0.25, -0.2) is 4.98 Å². The second-order valence-corrected chi connectivity index (χ2v) is 21.5. The predicted molar refractivity (Wildman–Crippen MR) is 257 cm³/mol. The lowest BCUT2D eigenvalue weighted by atomic mass is 9.93. The first-order chi connectivity index (χ1) is 40.6. The van der Waals surface area contributed by atoms with Gasteiger partial charge in [-0.1, -0.05) is 0 Å². The maximum atomic E-state index is 13.6. The minimum absolute atomic E-state index is 0.461. The molecule has 0 spiro atoms. The Bertz CT molecular complexity index is 2220. The largest absolute Gasteiger partial charge is 0.394 e. The van der Waals surface area contributed by atoms with Crippen molar-refractivity contribution in [3.05, 3.63) is 18.7 Å². The number of rotatable bonds is 10. The smallest absolute Gasteiger partial charge is 0.240 e. The van der Waals surface area contributed by atoms with Gasteiger partial charge in [0.2, 0.25) is 5.91 Å². The fraction of sp³-hybridized carbons (Fsp3) is 0.915. The fourth-order valence-corrected chi connectivity index (χ4v) is 11.4. The van der Waals surface area contributed by atoms with Crippen molar-refractivity contribution < 1.29 is 173 Å². The Morgan fingerprint density at radius 3 is 0.776 bits per heavy atom. The van der Waals surface area contributed by atoms with Crippen molar-refractivity contribution in [1.29, 1.82) is 0 Å². The summed E-state index contributed by atoms with van der Waals surface area (Å²) in [7, 11) is 0. The lowest BCUT2D eigenvalue weighted by Crippen LogP contribution is -2.70. The first kappa shape index (κ1) is 66.7. The molecule has 0 aliphatic carbocycles. The van der Waals surface area contributed by atoms with Crippen LogP contribution in [-0.2, 0) is 77.7 Å². The van der Waals surface area contributed by atoms with Crippen molar-refractivity contribution in [3.63, 3.8) is 0 Å². The molecule has 22 heterocycles. The minimum atomic E-state index is -2.25. The third kappa shape index (κ3) is 13.5. The Hall–Kier alpha value is -2.68. The highest BCUT2D eigenvalue weighted by atomic mass is 16.8. The molecule has 0 aromatic carbocycles. The maximum Gasteiger partial charge on any atom is 0.240 e. The number of hydrogen-bond acceptors (Lipinski definition) is 36. The van der Waals surface area contributed by atoms with Gasteiger partial charge in [-0.15, -0.1) is 0 Å². The Labute approximate surface area is 479 Å². The van der Waals surface area contributed by atoms with Crippen LogP contribution in [0.2, 0.25) is 0 Å². The van der Waals surface area contributed by atoms with E-state index in [1.807, 2.05) is 0 Å². The zero-order valence-corrected chi connectivity index (χ0v) is 44.6. The van der Waals surface area contributed by atoms with Gasteiger partial charge in [0.1, 0.15) is 171 Å². The van der Waals surface area contributed by atoms with E-state index < -0.39 is 274 Å². The van der Waals surface area contributed by atoms with Crippen LogP contribution in [0.1, 0.15) is 0 Å². The first-order valence-corrected chi connectivity index (χ1v) is 27.1. The highest BCUT2D eigenvalue weighted by molar-refractivity contribution is 5.76. The summed E-state index contributed by atoms with van der Waals surface area (Å²) in [5.74, 6) is -0.862. The Kier molecular flexibility index (Phi) is 22.5. The van der Waals surface area contributed by atoms with Gasteiger partial charge in [0.05, 0.1) is 58.6 Å². The van der Waals surface area contributed by atoms with Crippen molar-refractivity contribution in [2.75, 3.05) is 46.2 Å². The number of imidazole rings is 1. The molecule has 21 fully saturated rings. The van der Waals surface area contributed by atoms with E-state index in [0.29, 0.717) is 0 Å². The quantitative estimate of drug-likeness (QED) is 0.103. The van der Waals surface area contributed by atoms with Gasteiger partial charge in [0.15, 0.2) is 44.0 Å². The number of nitrogens with one attached hydrogen (secondary N) is 1. The van der Waals surface area contributed by atoms with Gasteiger partial charge in [-0.2, -0.15) is 0 Å². The number of hydrogen-bond donors (Lipinski definition) is 21. The summed E-state index contributed by atoms with van der Waals surface area (Å²) < 4.78 is 82.3. The summed E-state index contributed by atoms with van der Waals surface area (Å²) in [4.78, 5) is 17.5. The van der Waals surface area contributed by atoms with Crippen LogP contribution < -0.4 is 5.32 Å². The predicted octanol–water partition coefficient (Wildman–Crippen LogP) is -15.2. The van der Waals surface area contributed by atoms with Crippen LogP contribution in [0.3, 0.4) is 0 Å². The summed E-state index contributed by atoms with van der Waals surface area (Å²) in [5, 5.41) is 225. The molecule has 21 aliphatic rings. The van der Waals surface area contributed by atoms with E-state index in [1.165, 1.54) is 23.3 Å². The molecular formula is C47H75N3O35. The third-order valence-electron chi connectivity index (χ3n) is 16.0. The average Bonchev–Trinajstić information content (AvgIpc) is 3.27. The monoisotopic (exact) mass is 1240 g/mol. The number of ether oxygens (including phenoxy) is 14. The van der Waals surface area contributed by atoms with Crippen molar-refractivity contribution in [2.45, 2.75) is 221 Å². The summed E-state index contributed by atoms with van der Waals surface area (Å²) in [6, 6.07) is -1.80. The molecule has 1 aromatic rings. The minimum Gasteiger partial charge on any atom is -0.394 e. The molecule has 85 heavy (non-hydrogen) atoms. The second kappa shape index (κ2) is 28.6. The number of aromatic nitrogens is 2. The molecule has 14 bridgehead atoms. The van der Waals surface area contributed by atoms with Crippen molar-refractivity contribution >= 4 is 5.91 Å². The van der Waals surface area contributed by atoms with Gasteiger partial charge >= 0.3 is 0 Å². The normalized spacial score (nSPS) is 51.2. The Morgan fingerprint density at radius 1 is 0.329 bits per heavy atom. The fourth-order valence-electron chi connectivity index (χ4n) is 11.4. The molecular weight excluding hydrogens is 1170 g/mol. The topological polar surface area (TPSA) is 581 Å². The molecule has 0 unspecified atom stereocenters. The van der Waals surface area contributed by atoms with E-state index in [1.54, 1.807) is 0 Å². The van der Waals surface area contributed by atoms with Gasteiger partial charge in [0, 0.05) is 12.4 Å². The summed E-state index contributed by atoms with van der Waals surface area (Å²) in [5.41, 5.74) is 0. The van der Waals surface area contributed by atoms with Gasteiger partial charge in [-0.3, -0.25) is 4.79 Å². The summed E-state index contributed by atoms with van der Waals surface area (Å²) in [6.45, 7) is -7.91. The number of aliphatic hydroxyl groups excluding tert-OH is 20. The van der Waals surface area contributed by atoms with E-state index >= 15 is 0 Å². The second-order valence-electron chi connectivity index (χ2n) is 21.5. The van der Waals surface area contributed by atoms with Crippen LogP contribution in [0, 0.1) is 0 Å². The zero-order valence-electron chi connectivity index (χ0n) is 44.6. The van der Waals surface area contributed by atoms with Crippen molar-refractivity contribution in [2.24, 2.45) is 0 Å². The number of nitrogens with zero attached hydrogens (tertiary/aromatic N) is 2. The van der Waals surface area contributed by atoms with Crippen molar-refractivity contribution in [3.8, 4) is 0 Å². The highest BCUT2D eigenvalue weighted by Crippen LogP contribution is 2.39. The molecule has 38 heteroatoms. The molecule has 21 N–H and O–H groups in total. The van der Waals surface area contributed by atoms with Crippen LogP contribution in [0.15, 0.2) is 18.7 Å². The highest BCUT2D eigenvalue weighted by Gasteiger charge is 2.60. The molecule has 0 radical (unpaired) electrons. The van der Waals surface area contributed by atoms with E-state index in [4.69, 9.17) is 66.3 Å². The van der Waals surface area contributed by atoms with Crippen LogP contribution in [0.5, 0.6) is 0 Å². The number of carbonyl (C=O) groups excluding carboxylic acids is 1. The molecule has 22 rings (SSSR count). The van der Waals surface area contributed by atoms with E-state index in [2.05, 4.69) is 10.3 Å². The molecule has 35 atom stereocenters. The van der Waals surface area contributed by atoms with E-state index in [-0.39, 0.29) is 0 Å². The molecule has 0 saturated carbocycles. The molecule has 21 aliphatic heterocycles. The lowest BCUT2D eigenvalue weighted by molar-refractivity contribution is -0.396. The van der Waals surface area contributed by atoms with Crippen LogP contribution >= 0.6 is 0 Å². The van der Waals surface area contributed by atoms with Crippen LogP contribution in [0.25, 0.3) is 0 Å². The maximum absolute atomic E-state index is 13.6.